The molecular formula is C20H18F3NO3. The van der Waals surface area contributed by atoms with Crippen molar-refractivity contribution in [3.63, 3.8) is 0 Å². The van der Waals surface area contributed by atoms with Gasteiger partial charge in [-0.3, -0.25) is 9.59 Å². The SMILES string of the molecule is O=C(c1ccc(F)cc1)C1CCCN(C(=O)c2ccc(OC(F)F)cc2)C1. The number of carbonyl (C=O) groups is 2. The molecule has 1 aliphatic rings. The van der Waals surface area contributed by atoms with E-state index in [9.17, 15) is 22.8 Å². The molecule has 4 nitrogen and oxygen atoms in total. The van der Waals surface area contributed by atoms with E-state index in [1.54, 1.807) is 4.90 Å². The van der Waals surface area contributed by atoms with Crippen LogP contribution in [-0.2, 0) is 0 Å². The van der Waals surface area contributed by atoms with E-state index in [4.69, 9.17) is 0 Å². The summed E-state index contributed by atoms with van der Waals surface area (Å²) in [5, 5.41) is 0. The molecule has 0 bridgehead atoms. The number of ketones is 1. The topological polar surface area (TPSA) is 46.6 Å². The monoisotopic (exact) mass is 377 g/mol. The smallest absolute Gasteiger partial charge is 0.387 e. The fraction of sp³-hybridized carbons (Fsp3) is 0.300. The van der Waals surface area contributed by atoms with Gasteiger partial charge in [0.05, 0.1) is 0 Å². The lowest BCUT2D eigenvalue weighted by Crippen LogP contribution is -2.42. The Morgan fingerprint density at radius 1 is 1.00 bits per heavy atom. The highest BCUT2D eigenvalue weighted by atomic mass is 19.3. The van der Waals surface area contributed by atoms with E-state index in [0.29, 0.717) is 30.5 Å². The Hall–Kier alpha value is -2.83. The van der Waals surface area contributed by atoms with E-state index < -0.39 is 12.4 Å². The summed E-state index contributed by atoms with van der Waals surface area (Å²) < 4.78 is 41.7. The fourth-order valence-corrected chi connectivity index (χ4v) is 3.19. The number of hydrogen-bond acceptors (Lipinski definition) is 3. The molecule has 3 rings (SSSR count). The van der Waals surface area contributed by atoms with Crippen LogP contribution in [0.1, 0.15) is 33.6 Å². The number of hydrogen-bond donors (Lipinski definition) is 0. The number of rotatable bonds is 5. The van der Waals surface area contributed by atoms with E-state index in [0.717, 1.165) is 0 Å². The van der Waals surface area contributed by atoms with Crippen LogP contribution in [0.2, 0.25) is 0 Å². The van der Waals surface area contributed by atoms with Crippen LogP contribution in [0.15, 0.2) is 48.5 Å². The zero-order valence-corrected chi connectivity index (χ0v) is 14.4. The van der Waals surface area contributed by atoms with Crippen LogP contribution >= 0.6 is 0 Å². The number of amides is 1. The van der Waals surface area contributed by atoms with Gasteiger partial charge in [-0.25, -0.2) is 4.39 Å². The minimum atomic E-state index is -2.92. The normalized spacial score (nSPS) is 17.0. The van der Waals surface area contributed by atoms with Crippen molar-refractivity contribution in [2.24, 2.45) is 5.92 Å². The first-order chi connectivity index (χ1) is 12.9. The molecule has 0 N–H and O–H groups in total. The Labute approximate surface area is 154 Å². The second-order valence-electron chi connectivity index (χ2n) is 6.36. The third-order valence-electron chi connectivity index (χ3n) is 4.53. The highest BCUT2D eigenvalue weighted by Gasteiger charge is 2.29. The van der Waals surface area contributed by atoms with Crippen LogP contribution in [0, 0.1) is 11.7 Å². The third kappa shape index (κ3) is 4.67. The van der Waals surface area contributed by atoms with E-state index in [-0.39, 0.29) is 29.9 Å². The molecule has 1 amide bonds. The molecule has 7 heteroatoms. The molecule has 142 valence electrons. The van der Waals surface area contributed by atoms with Crippen LogP contribution in [0.25, 0.3) is 0 Å². The highest BCUT2D eigenvalue weighted by Crippen LogP contribution is 2.23. The van der Waals surface area contributed by atoms with Gasteiger partial charge in [-0.15, -0.1) is 0 Å². The van der Waals surface area contributed by atoms with Crippen molar-refractivity contribution in [1.29, 1.82) is 0 Å². The van der Waals surface area contributed by atoms with Crippen LogP contribution in [-0.4, -0.2) is 36.3 Å². The number of likely N-dealkylation sites (tertiary alicyclic amines) is 1. The van der Waals surface area contributed by atoms with Gasteiger partial charge in [-0.2, -0.15) is 8.78 Å². The van der Waals surface area contributed by atoms with Gasteiger partial charge in [0.2, 0.25) is 0 Å². The van der Waals surface area contributed by atoms with Gasteiger partial charge in [-0.05, 0) is 61.4 Å². The van der Waals surface area contributed by atoms with Gasteiger partial charge >= 0.3 is 6.61 Å². The first-order valence-electron chi connectivity index (χ1n) is 8.58. The number of alkyl halides is 2. The summed E-state index contributed by atoms with van der Waals surface area (Å²) in [6.07, 6.45) is 1.33. The van der Waals surface area contributed by atoms with Crippen molar-refractivity contribution >= 4 is 11.7 Å². The Bertz CT molecular complexity index is 806. The second kappa shape index (κ2) is 8.24. The molecule has 1 heterocycles. The second-order valence-corrected chi connectivity index (χ2v) is 6.36. The van der Waals surface area contributed by atoms with Gasteiger partial charge in [0.1, 0.15) is 11.6 Å². The van der Waals surface area contributed by atoms with Gasteiger partial charge in [-0.1, -0.05) is 0 Å². The maximum Gasteiger partial charge on any atom is 0.387 e. The third-order valence-corrected chi connectivity index (χ3v) is 4.53. The standard InChI is InChI=1S/C20H18F3NO3/c21-16-7-3-13(4-8-16)18(25)15-2-1-11-24(12-15)19(26)14-5-9-17(10-6-14)27-20(22)23/h3-10,15,20H,1-2,11-12H2. The summed E-state index contributed by atoms with van der Waals surface area (Å²) in [5.74, 6) is -1.17. The number of halogens is 3. The molecule has 1 unspecified atom stereocenters. The minimum absolute atomic E-state index is 0.0236. The summed E-state index contributed by atoms with van der Waals surface area (Å²) in [6, 6.07) is 10.8. The number of ether oxygens (including phenoxy) is 1. The summed E-state index contributed by atoms with van der Waals surface area (Å²) >= 11 is 0. The molecule has 0 aromatic heterocycles. The van der Waals surface area contributed by atoms with Crippen molar-refractivity contribution < 1.29 is 27.5 Å². The van der Waals surface area contributed by atoms with Crippen molar-refractivity contribution in [3.05, 3.63) is 65.5 Å². The van der Waals surface area contributed by atoms with Gasteiger partial charge in [0.15, 0.2) is 5.78 Å². The molecule has 1 saturated heterocycles. The van der Waals surface area contributed by atoms with Crippen molar-refractivity contribution in [2.75, 3.05) is 13.1 Å². The minimum Gasteiger partial charge on any atom is -0.435 e. The number of carbonyl (C=O) groups excluding carboxylic acids is 2. The fourth-order valence-electron chi connectivity index (χ4n) is 3.19. The summed E-state index contributed by atoms with van der Waals surface area (Å²) in [5.41, 5.74) is 0.760. The zero-order valence-electron chi connectivity index (χ0n) is 14.4. The maximum atomic E-state index is 13.0. The predicted molar refractivity (Wildman–Crippen MR) is 92.4 cm³/mol. The highest BCUT2D eigenvalue weighted by molar-refractivity contribution is 5.99. The van der Waals surface area contributed by atoms with Crippen molar-refractivity contribution in [1.82, 2.24) is 4.90 Å². The first kappa shape index (κ1) is 18.9. The maximum absolute atomic E-state index is 13.0. The number of nitrogens with zero attached hydrogens (tertiary/aromatic N) is 1. The Morgan fingerprint density at radius 2 is 1.63 bits per heavy atom. The van der Waals surface area contributed by atoms with Crippen LogP contribution in [0.5, 0.6) is 5.75 Å². The lowest BCUT2D eigenvalue weighted by atomic mass is 9.89. The molecule has 1 fully saturated rings. The molecule has 0 saturated carbocycles. The molecule has 0 spiro atoms. The molecule has 0 aliphatic carbocycles. The number of Topliss-reactive ketones (excluding diaryl/α,β-unsaturated/α-hetero) is 1. The van der Waals surface area contributed by atoms with Crippen LogP contribution < -0.4 is 4.74 Å². The summed E-state index contributed by atoms with van der Waals surface area (Å²) in [4.78, 5) is 26.9. The van der Waals surface area contributed by atoms with Gasteiger partial charge in [0.25, 0.3) is 5.91 Å². The predicted octanol–water partition coefficient (Wildman–Crippen LogP) is 4.16. The first-order valence-corrected chi connectivity index (χ1v) is 8.58. The summed E-state index contributed by atoms with van der Waals surface area (Å²) in [6.45, 7) is -2.14. The Kier molecular flexibility index (Phi) is 5.78. The van der Waals surface area contributed by atoms with Gasteiger partial charge < -0.3 is 9.64 Å². The molecule has 1 atom stereocenters. The van der Waals surface area contributed by atoms with E-state index in [1.807, 2.05) is 0 Å². The molecular weight excluding hydrogens is 359 g/mol. The van der Waals surface area contributed by atoms with Crippen molar-refractivity contribution in [2.45, 2.75) is 19.5 Å². The van der Waals surface area contributed by atoms with Crippen LogP contribution in [0.4, 0.5) is 13.2 Å². The quantitative estimate of drug-likeness (QED) is 0.735. The summed E-state index contributed by atoms with van der Waals surface area (Å²) in [7, 11) is 0. The average molecular weight is 377 g/mol. The molecule has 0 radical (unpaired) electrons. The van der Waals surface area contributed by atoms with Crippen LogP contribution in [0.3, 0.4) is 0 Å². The van der Waals surface area contributed by atoms with Crippen molar-refractivity contribution in [3.8, 4) is 5.75 Å². The number of piperidine rings is 1. The lowest BCUT2D eigenvalue weighted by molar-refractivity contribution is -0.0498. The molecule has 27 heavy (non-hydrogen) atoms. The lowest BCUT2D eigenvalue weighted by Gasteiger charge is -2.32. The zero-order chi connectivity index (χ0) is 19.4. The Morgan fingerprint density at radius 3 is 2.26 bits per heavy atom. The molecule has 1 aliphatic heterocycles. The molecule has 2 aromatic rings. The number of benzene rings is 2. The van der Waals surface area contributed by atoms with E-state index in [2.05, 4.69) is 4.74 Å². The molecule has 2 aromatic carbocycles. The van der Waals surface area contributed by atoms with E-state index in [1.165, 1.54) is 48.5 Å². The Balaban J connectivity index is 1.67. The average Bonchev–Trinajstić information content (AvgIpc) is 2.68. The van der Waals surface area contributed by atoms with E-state index >= 15 is 0 Å². The van der Waals surface area contributed by atoms with Gasteiger partial charge in [0, 0.05) is 30.1 Å². The largest absolute Gasteiger partial charge is 0.435 e.